The van der Waals surface area contributed by atoms with E-state index in [1.165, 1.54) is 6.20 Å². The lowest BCUT2D eigenvalue weighted by atomic mass is 10.1. The molecule has 2 aromatic heterocycles. The number of aromatic nitrogens is 3. The van der Waals surface area contributed by atoms with Crippen molar-refractivity contribution in [3.8, 4) is 0 Å². The largest absolute Gasteiger partial charge is 0.468 e. The van der Waals surface area contributed by atoms with E-state index in [-0.39, 0.29) is 5.95 Å². The molecule has 0 aliphatic carbocycles. The van der Waals surface area contributed by atoms with Crippen molar-refractivity contribution in [1.82, 2.24) is 14.5 Å². The van der Waals surface area contributed by atoms with Crippen molar-refractivity contribution >= 4 is 43.7 Å². The van der Waals surface area contributed by atoms with Crippen molar-refractivity contribution in [2.75, 3.05) is 12.3 Å². The minimum Gasteiger partial charge on any atom is -0.468 e. The van der Waals surface area contributed by atoms with Crippen molar-refractivity contribution in [3.63, 3.8) is 0 Å². The van der Waals surface area contributed by atoms with Gasteiger partial charge in [0.1, 0.15) is 11.8 Å². The highest BCUT2D eigenvalue weighted by molar-refractivity contribution is 9.13. The van der Waals surface area contributed by atoms with Crippen LogP contribution in [0.1, 0.15) is 17.5 Å². The number of aliphatic hydroxyl groups is 1. The maximum Gasteiger partial charge on any atom is 0.233 e. The first-order valence-electron chi connectivity index (χ1n) is 6.18. The van der Waals surface area contributed by atoms with Gasteiger partial charge in [0.25, 0.3) is 0 Å². The zero-order valence-electron chi connectivity index (χ0n) is 11.0. The Morgan fingerprint density at radius 3 is 2.90 bits per heavy atom. The lowest BCUT2D eigenvalue weighted by Crippen LogP contribution is -2.23. The van der Waals surface area contributed by atoms with Crippen molar-refractivity contribution < 1.29 is 9.84 Å². The fourth-order valence-electron chi connectivity index (χ4n) is 2.15. The van der Waals surface area contributed by atoms with Crippen molar-refractivity contribution in [2.45, 2.75) is 12.2 Å². The molecule has 3 heterocycles. The summed E-state index contributed by atoms with van der Waals surface area (Å²) in [6.07, 6.45) is 0.173. The van der Waals surface area contributed by atoms with E-state index in [4.69, 9.17) is 10.5 Å². The van der Waals surface area contributed by atoms with Gasteiger partial charge >= 0.3 is 0 Å². The molecule has 1 aliphatic rings. The van der Waals surface area contributed by atoms with Crippen LogP contribution in [0.25, 0.3) is 0 Å². The summed E-state index contributed by atoms with van der Waals surface area (Å²) < 4.78 is 9.49. The first-order valence-corrected chi connectivity index (χ1v) is 7.76. The van der Waals surface area contributed by atoms with Gasteiger partial charge in [-0.3, -0.25) is 0 Å². The molecule has 0 saturated carbocycles. The van der Waals surface area contributed by atoms with Crippen LogP contribution >= 0.6 is 31.9 Å². The number of imidazole rings is 1. The topological polar surface area (TPSA) is 101 Å². The summed E-state index contributed by atoms with van der Waals surface area (Å²) in [6, 6.07) is 1.91. The molecule has 0 fully saturated rings. The van der Waals surface area contributed by atoms with Crippen LogP contribution in [0.3, 0.4) is 0 Å². The average Bonchev–Trinajstić information content (AvgIpc) is 3.15. The summed E-state index contributed by atoms with van der Waals surface area (Å²) in [5.41, 5.74) is 6.86. The average molecular weight is 419 g/mol. The molecule has 112 valence electrons. The summed E-state index contributed by atoms with van der Waals surface area (Å²) in [4.78, 5) is 11.0. The Labute approximate surface area is 137 Å². The van der Waals surface area contributed by atoms with E-state index in [0.717, 1.165) is 14.8 Å². The number of nitrogens with zero attached hydrogens (tertiary/aromatic N) is 3. The zero-order valence-corrected chi connectivity index (χ0v) is 14.2. The van der Waals surface area contributed by atoms with Crippen LogP contribution in [0.2, 0.25) is 0 Å². The number of nitrogen functional groups attached to an aromatic ring is 1. The molecule has 0 unspecified atom stereocenters. The maximum atomic E-state index is 10.3. The molecule has 1 aliphatic heterocycles. The lowest BCUT2D eigenvalue weighted by Gasteiger charge is -2.16. The molecule has 2 atom stereocenters. The highest BCUT2D eigenvalue weighted by Gasteiger charge is 2.31. The molecule has 7 nitrogen and oxygen atoms in total. The summed E-state index contributed by atoms with van der Waals surface area (Å²) in [5, 5.41) is 10.3. The second-order valence-electron chi connectivity index (χ2n) is 4.70. The third-order valence-electron chi connectivity index (χ3n) is 3.30. The van der Waals surface area contributed by atoms with E-state index in [1.807, 2.05) is 17.7 Å². The van der Waals surface area contributed by atoms with E-state index < -0.39 is 12.2 Å². The zero-order chi connectivity index (χ0) is 15.1. The Morgan fingerprint density at radius 1 is 1.57 bits per heavy atom. The molecule has 3 rings (SSSR count). The fraction of sp³-hybridized carbons (Fsp3) is 0.333. The SMILES string of the molecule is Cn1c(C2=NC[C@@H]([C@@H](O)c3cnc(N)[nH]3)O2)cc(Br)c1Br. The van der Waals surface area contributed by atoms with Gasteiger partial charge in [-0.25, -0.2) is 9.98 Å². The molecule has 0 amide bonds. The number of hydrogen-bond donors (Lipinski definition) is 3. The van der Waals surface area contributed by atoms with E-state index in [2.05, 4.69) is 46.8 Å². The van der Waals surface area contributed by atoms with Crippen LogP contribution in [0.5, 0.6) is 0 Å². The smallest absolute Gasteiger partial charge is 0.233 e. The Bertz CT molecular complexity index is 709. The predicted octanol–water partition coefficient (Wildman–Crippen LogP) is 1.73. The van der Waals surface area contributed by atoms with Gasteiger partial charge in [-0.15, -0.1) is 0 Å². The van der Waals surface area contributed by atoms with Gasteiger partial charge in [0.2, 0.25) is 5.90 Å². The summed E-state index contributed by atoms with van der Waals surface area (Å²) >= 11 is 6.90. The Hall–Kier alpha value is -1.32. The van der Waals surface area contributed by atoms with Crippen LogP contribution in [0.4, 0.5) is 5.95 Å². The molecule has 0 spiro atoms. The number of nitrogens with two attached hydrogens (primary N) is 1. The number of nitrogens with one attached hydrogen (secondary N) is 1. The molecule has 4 N–H and O–H groups in total. The number of halogens is 2. The van der Waals surface area contributed by atoms with Crippen molar-refractivity contribution in [1.29, 1.82) is 0 Å². The Morgan fingerprint density at radius 2 is 2.33 bits per heavy atom. The number of aromatic amines is 1. The molecule has 0 aromatic carbocycles. The van der Waals surface area contributed by atoms with E-state index in [0.29, 0.717) is 18.1 Å². The van der Waals surface area contributed by atoms with Gasteiger partial charge in [-0.2, -0.15) is 0 Å². The van der Waals surface area contributed by atoms with E-state index in [9.17, 15) is 5.11 Å². The number of anilines is 1. The number of aliphatic hydroxyl groups excluding tert-OH is 1. The minimum atomic E-state index is -0.858. The Balaban J connectivity index is 1.77. The van der Waals surface area contributed by atoms with Gasteiger partial charge in [-0.1, -0.05) is 0 Å². The number of aliphatic imine (C=N–C) groups is 1. The van der Waals surface area contributed by atoms with Gasteiger partial charge < -0.3 is 25.1 Å². The van der Waals surface area contributed by atoms with Crippen molar-refractivity contribution in [2.24, 2.45) is 12.0 Å². The summed E-state index contributed by atoms with van der Waals surface area (Å²) in [6.45, 7) is 0.371. The lowest BCUT2D eigenvalue weighted by molar-refractivity contribution is 0.0432. The first kappa shape index (κ1) is 14.6. The summed E-state index contributed by atoms with van der Waals surface area (Å²) in [7, 11) is 1.90. The van der Waals surface area contributed by atoms with Gasteiger partial charge in [0.05, 0.1) is 27.5 Å². The quantitative estimate of drug-likeness (QED) is 0.706. The van der Waals surface area contributed by atoms with Crippen LogP contribution < -0.4 is 5.73 Å². The van der Waals surface area contributed by atoms with Gasteiger partial charge in [-0.05, 0) is 37.9 Å². The van der Waals surface area contributed by atoms with Crippen LogP contribution in [-0.4, -0.2) is 38.2 Å². The standard InChI is InChI=1S/C12H13Br2N5O2/c1-19-7(2-5(13)10(19)14)11-16-4-8(21-11)9(20)6-3-17-12(15)18-6/h2-3,8-9,20H,4H2,1H3,(H3,15,17,18)/t8-,9-/m0/s1. The van der Waals surface area contributed by atoms with Gasteiger partial charge in [0, 0.05) is 7.05 Å². The second-order valence-corrected chi connectivity index (χ2v) is 6.30. The first-order chi connectivity index (χ1) is 9.97. The van der Waals surface area contributed by atoms with Crippen LogP contribution in [0.15, 0.2) is 26.3 Å². The molecular formula is C12H13Br2N5O2. The van der Waals surface area contributed by atoms with E-state index >= 15 is 0 Å². The normalized spacial score (nSPS) is 19.4. The third kappa shape index (κ3) is 2.60. The predicted molar refractivity (Wildman–Crippen MR) is 85.0 cm³/mol. The third-order valence-corrected chi connectivity index (χ3v) is 5.39. The molecule has 2 aromatic rings. The number of rotatable bonds is 3. The molecule has 21 heavy (non-hydrogen) atoms. The summed E-state index contributed by atoms with van der Waals surface area (Å²) in [5.74, 6) is 0.763. The molecule has 9 heteroatoms. The number of hydrogen-bond acceptors (Lipinski definition) is 5. The van der Waals surface area contributed by atoms with Crippen molar-refractivity contribution in [3.05, 3.63) is 32.7 Å². The Kier molecular flexibility index (Phi) is 3.80. The highest BCUT2D eigenvalue weighted by Crippen LogP contribution is 2.29. The van der Waals surface area contributed by atoms with Crippen LogP contribution in [0, 0.1) is 0 Å². The molecule has 0 radical (unpaired) electrons. The molecule has 0 bridgehead atoms. The minimum absolute atomic E-state index is 0.262. The maximum absolute atomic E-state index is 10.3. The van der Waals surface area contributed by atoms with Crippen LogP contribution in [-0.2, 0) is 11.8 Å². The molecule has 0 saturated heterocycles. The van der Waals surface area contributed by atoms with E-state index in [1.54, 1.807) is 0 Å². The monoisotopic (exact) mass is 417 g/mol. The highest BCUT2D eigenvalue weighted by atomic mass is 79.9. The second kappa shape index (κ2) is 5.47. The van der Waals surface area contributed by atoms with Gasteiger partial charge in [0.15, 0.2) is 12.1 Å². The fourth-order valence-corrected chi connectivity index (χ4v) is 2.93. The number of ether oxygens (including phenoxy) is 1. The molecular weight excluding hydrogens is 406 g/mol. The number of H-pyrrole nitrogens is 1.